The largest absolute Gasteiger partial charge is 0.207 e. The molecule has 0 nitrogen and oxygen atoms in total. The molecule has 0 radical (unpaired) electrons. The Morgan fingerprint density at radius 3 is 2.31 bits per heavy atom. The van der Waals surface area contributed by atoms with Crippen molar-refractivity contribution < 1.29 is 4.39 Å². The maximum absolute atomic E-state index is 13.1. The predicted octanol–water partition coefficient (Wildman–Crippen LogP) is 6.72. The van der Waals surface area contributed by atoms with Crippen molar-refractivity contribution in [2.45, 2.75) is 44.9 Å². The van der Waals surface area contributed by atoms with Gasteiger partial charge in [0.25, 0.3) is 0 Å². The minimum atomic E-state index is -0.181. The van der Waals surface area contributed by atoms with Crippen molar-refractivity contribution in [1.29, 1.82) is 0 Å². The summed E-state index contributed by atoms with van der Waals surface area (Å²) >= 11 is 0. The highest BCUT2D eigenvalue weighted by atomic mass is 19.1. The third-order valence-corrected chi connectivity index (χ3v) is 5.60. The van der Waals surface area contributed by atoms with Gasteiger partial charge in [-0.3, -0.25) is 0 Å². The van der Waals surface area contributed by atoms with Crippen molar-refractivity contribution in [3.05, 3.63) is 94.8 Å². The predicted molar refractivity (Wildman–Crippen MR) is 107 cm³/mol. The molecule has 1 aliphatic carbocycles. The second-order valence-electron chi connectivity index (χ2n) is 7.42. The van der Waals surface area contributed by atoms with Gasteiger partial charge < -0.3 is 0 Å². The molecule has 0 spiro atoms. The Kier molecular flexibility index (Phi) is 4.88. The van der Waals surface area contributed by atoms with Crippen LogP contribution in [0.2, 0.25) is 0 Å². The number of benzene rings is 3. The van der Waals surface area contributed by atoms with E-state index in [-0.39, 0.29) is 5.82 Å². The van der Waals surface area contributed by atoms with Gasteiger partial charge in [0.1, 0.15) is 5.82 Å². The van der Waals surface area contributed by atoms with Crippen molar-refractivity contribution in [1.82, 2.24) is 0 Å². The molecule has 0 heterocycles. The Labute approximate surface area is 155 Å². The molecule has 0 amide bonds. The van der Waals surface area contributed by atoms with Crippen molar-refractivity contribution in [2.75, 3.05) is 0 Å². The highest BCUT2D eigenvalue weighted by Gasteiger charge is 2.20. The molecule has 3 aromatic carbocycles. The highest BCUT2D eigenvalue weighted by Crippen LogP contribution is 2.35. The minimum absolute atomic E-state index is 0.181. The number of hydrogen-bond acceptors (Lipinski definition) is 0. The highest BCUT2D eigenvalue weighted by molar-refractivity contribution is 5.65. The SMILES string of the molecule is CCCc1ccc(C2CCc3cc(-c4ccc(F)cc4)ccc3C2)cc1. The van der Waals surface area contributed by atoms with Gasteiger partial charge in [-0.05, 0) is 77.1 Å². The van der Waals surface area contributed by atoms with Gasteiger partial charge >= 0.3 is 0 Å². The van der Waals surface area contributed by atoms with Gasteiger partial charge in [0.2, 0.25) is 0 Å². The van der Waals surface area contributed by atoms with Gasteiger partial charge in [-0.15, -0.1) is 0 Å². The fourth-order valence-corrected chi connectivity index (χ4v) is 4.11. The summed E-state index contributed by atoms with van der Waals surface area (Å²) in [5, 5.41) is 0. The molecule has 26 heavy (non-hydrogen) atoms. The van der Waals surface area contributed by atoms with Crippen molar-refractivity contribution in [2.24, 2.45) is 0 Å². The summed E-state index contributed by atoms with van der Waals surface area (Å²) in [6.07, 6.45) is 5.80. The fourth-order valence-electron chi connectivity index (χ4n) is 4.11. The Bertz CT molecular complexity index is 875. The van der Waals surface area contributed by atoms with Crippen LogP contribution in [0.5, 0.6) is 0 Å². The summed E-state index contributed by atoms with van der Waals surface area (Å²) in [5.41, 5.74) is 8.10. The van der Waals surface area contributed by atoms with E-state index >= 15 is 0 Å². The molecule has 0 saturated carbocycles. The van der Waals surface area contributed by atoms with Gasteiger partial charge in [0, 0.05) is 0 Å². The molecule has 0 bridgehead atoms. The van der Waals surface area contributed by atoms with Crippen LogP contribution in [0.25, 0.3) is 11.1 Å². The molecule has 0 N–H and O–H groups in total. The first-order valence-electron chi connectivity index (χ1n) is 9.69. The van der Waals surface area contributed by atoms with Gasteiger partial charge in [0.05, 0.1) is 0 Å². The van der Waals surface area contributed by atoms with Crippen LogP contribution in [-0.2, 0) is 19.3 Å². The average molecular weight is 344 g/mol. The van der Waals surface area contributed by atoms with Crippen LogP contribution >= 0.6 is 0 Å². The monoisotopic (exact) mass is 344 g/mol. The van der Waals surface area contributed by atoms with E-state index in [2.05, 4.69) is 49.4 Å². The summed E-state index contributed by atoms with van der Waals surface area (Å²) in [6, 6.07) is 22.8. The Balaban J connectivity index is 1.53. The lowest BCUT2D eigenvalue weighted by Gasteiger charge is -2.26. The molecule has 3 aromatic rings. The van der Waals surface area contributed by atoms with Crippen LogP contribution < -0.4 is 0 Å². The average Bonchev–Trinajstić information content (AvgIpc) is 2.69. The number of aryl methyl sites for hydroxylation is 2. The number of hydrogen-bond donors (Lipinski definition) is 0. The lowest BCUT2D eigenvalue weighted by Crippen LogP contribution is -2.13. The maximum atomic E-state index is 13.1. The second-order valence-corrected chi connectivity index (χ2v) is 7.42. The van der Waals surface area contributed by atoms with E-state index in [9.17, 15) is 4.39 Å². The molecule has 132 valence electrons. The third kappa shape index (κ3) is 3.58. The van der Waals surface area contributed by atoms with E-state index in [1.165, 1.54) is 59.2 Å². The molecule has 0 saturated heterocycles. The number of fused-ring (bicyclic) bond motifs is 1. The Hall–Kier alpha value is -2.41. The van der Waals surface area contributed by atoms with Gasteiger partial charge in [-0.25, -0.2) is 4.39 Å². The quantitative estimate of drug-likeness (QED) is 0.493. The number of halogens is 1. The first-order chi connectivity index (χ1) is 12.7. The molecule has 0 aromatic heterocycles. The van der Waals surface area contributed by atoms with Crippen LogP contribution in [0, 0.1) is 5.82 Å². The van der Waals surface area contributed by atoms with E-state index in [1.807, 2.05) is 12.1 Å². The van der Waals surface area contributed by atoms with Crippen LogP contribution in [-0.4, -0.2) is 0 Å². The van der Waals surface area contributed by atoms with E-state index in [0.29, 0.717) is 5.92 Å². The topological polar surface area (TPSA) is 0 Å². The zero-order valence-electron chi connectivity index (χ0n) is 15.3. The van der Waals surface area contributed by atoms with Crippen LogP contribution in [0.1, 0.15) is 47.9 Å². The van der Waals surface area contributed by atoms with Crippen molar-refractivity contribution in [3.8, 4) is 11.1 Å². The molecule has 4 rings (SSSR count). The third-order valence-electron chi connectivity index (χ3n) is 5.60. The lowest BCUT2D eigenvalue weighted by atomic mass is 9.79. The van der Waals surface area contributed by atoms with Crippen molar-refractivity contribution >= 4 is 0 Å². The van der Waals surface area contributed by atoms with Gasteiger partial charge in [0.15, 0.2) is 0 Å². The first-order valence-corrected chi connectivity index (χ1v) is 9.69. The summed E-state index contributed by atoms with van der Waals surface area (Å²) in [4.78, 5) is 0. The fraction of sp³-hybridized carbons (Fsp3) is 0.280. The summed E-state index contributed by atoms with van der Waals surface area (Å²) in [6.45, 7) is 2.23. The molecule has 0 fully saturated rings. The summed E-state index contributed by atoms with van der Waals surface area (Å²) in [7, 11) is 0. The molecular formula is C25H25F. The Morgan fingerprint density at radius 1 is 0.846 bits per heavy atom. The zero-order chi connectivity index (χ0) is 17.9. The first kappa shape index (κ1) is 17.0. The van der Waals surface area contributed by atoms with E-state index in [1.54, 1.807) is 0 Å². The molecular weight excluding hydrogens is 319 g/mol. The molecule has 0 aliphatic heterocycles. The molecule has 1 aliphatic rings. The molecule has 1 unspecified atom stereocenters. The summed E-state index contributed by atoms with van der Waals surface area (Å²) in [5.74, 6) is 0.439. The van der Waals surface area contributed by atoms with E-state index in [0.717, 1.165) is 18.4 Å². The normalized spacial score (nSPS) is 16.3. The molecule has 1 atom stereocenters. The second kappa shape index (κ2) is 7.45. The standard InChI is InChI=1S/C25H25F/c1-2-3-18-4-6-19(7-5-18)21-8-10-24-17-22(9-11-23(24)16-21)20-12-14-25(26)15-13-20/h4-7,9,11-15,17,21H,2-3,8,10,16H2,1H3. The van der Waals surface area contributed by atoms with Crippen LogP contribution in [0.4, 0.5) is 4.39 Å². The zero-order valence-corrected chi connectivity index (χ0v) is 15.3. The van der Waals surface area contributed by atoms with Crippen LogP contribution in [0.3, 0.4) is 0 Å². The van der Waals surface area contributed by atoms with Gasteiger partial charge in [-0.2, -0.15) is 0 Å². The van der Waals surface area contributed by atoms with E-state index in [4.69, 9.17) is 0 Å². The van der Waals surface area contributed by atoms with E-state index < -0.39 is 0 Å². The lowest BCUT2D eigenvalue weighted by molar-refractivity contribution is 0.585. The molecule has 1 heteroatoms. The van der Waals surface area contributed by atoms with Crippen LogP contribution in [0.15, 0.2) is 66.7 Å². The Morgan fingerprint density at radius 2 is 1.58 bits per heavy atom. The summed E-state index contributed by atoms with van der Waals surface area (Å²) < 4.78 is 13.1. The maximum Gasteiger partial charge on any atom is 0.123 e. The minimum Gasteiger partial charge on any atom is -0.207 e. The van der Waals surface area contributed by atoms with Crippen molar-refractivity contribution in [3.63, 3.8) is 0 Å². The number of rotatable bonds is 4. The smallest absolute Gasteiger partial charge is 0.123 e. The van der Waals surface area contributed by atoms with Gasteiger partial charge in [-0.1, -0.05) is 67.9 Å².